The van der Waals surface area contributed by atoms with Gasteiger partial charge in [0.05, 0.1) is 13.2 Å². The number of hydrogen-bond donors (Lipinski definition) is 2. The fourth-order valence-electron chi connectivity index (χ4n) is 6.15. The summed E-state index contributed by atoms with van der Waals surface area (Å²) in [6, 6.07) is 16.1. The van der Waals surface area contributed by atoms with Crippen LogP contribution in [0, 0.1) is 0 Å². The highest BCUT2D eigenvalue weighted by Crippen LogP contribution is 2.62. The summed E-state index contributed by atoms with van der Waals surface area (Å²) in [6.07, 6.45) is 4.92. The van der Waals surface area contributed by atoms with Gasteiger partial charge in [0.25, 0.3) is 17.7 Å². The lowest BCUT2D eigenvalue weighted by molar-refractivity contribution is -0.165. The van der Waals surface area contributed by atoms with Gasteiger partial charge in [-0.3, -0.25) is 14.4 Å². The van der Waals surface area contributed by atoms with E-state index >= 15 is 0 Å². The third kappa shape index (κ3) is 4.30. The summed E-state index contributed by atoms with van der Waals surface area (Å²) in [7, 11) is 12.4. The molecule has 2 aromatic rings. The zero-order chi connectivity index (χ0) is 31.7. The van der Waals surface area contributed by atoms with Crippen LogP contribution in [0.3, 0.4) is 0 Å². The van der Waals surface area contributed by atoms with Crippen molar-refractivity contribution >= 4 is 73.0 Å². The van der Waals surface area contributed by atoms with Gasteiger partial charge in [0.1, 0.15) is 0 Å². The molecule has 13 heteroatoms. The van der Waals surface area contributed by atoms with Gasteiger partial charge in [0.15, 0.2) is 14.6 Å². The van der Waals surface area contributed by atoms with Crippen molar-refractivity contribution in [3.05, 3.63) is 83.1 Å². The minimum absolute atomic E-state index is 0.0329. The molecule has 4 atom stereocenters. The fourth-order valence-corrected chi connectivity index (χ4v) is 13.5. The molecule has 2 N–H and O–H groups in total. The van der Waals surface area contributed by atoms with Crippen LogP contribution in [0.2, 0.25) is 0 Å². The molecule has 0 radical (unpaired) electrons. The van der Waals surface area contributed by atoms with Crippen molar-refractivity contribution in [1.82, 2.24) is 19.6 Å². The largest absolute Gasteiger partial charge is 0.393 e. The Kier molecular flexibility index (Phi) is 7.90. The Bertz CT molecular complexity index is 1460. The normalized spacial score (nSPS) is 31.7. The smallest absolute Gasteiger partial charge is 0.263 e. The molecule has 3 amide bonds. The third-order valence-electron chi connectivity index (χ3n) is 9.32. The van der Waals surface area contributed by atoms with Gasteiger partial charge in [-0.2, -0.15) is 0 Å². The minimum atomic E-state index is -1.26. The van der Waals surface area contributed by atoms with Gasteiger partial charge in [0, 0.05) is 46.7 Å². The lowest BCUT2D eigenvalue weighted by Gasteiger charge is -2.61. The van der Waals surface area contributed by atoms with Crippen LogP contribution in [0.1, 0.15) is 22.3 Å². The van der Waals surface area contributed by atoms with Crippen LogP contribution in [0.15, 0.2) is 60.8 Å². The number of aliphatic hydroxyl groups excluding tert-OH is 2. The van der Waals surface area contributed by atoms with Gasteiger partial charge < -0.3 is 29.8 Å². The molecule has 0 aliphatic carbocycles. The number of hydrogen-bond acceptors (Lipinski definition) is 10. The number of fused-ring (bicyclic) bond motifs is 6. The second-order valence-corrected chi connectivity index (χ2v) is 16.9. The number of likely N-dealkylation sites (N-methyl/N-ethyl adjacent to an activating group) is 4. The Balaban J connectivity index is 1.13. The molecule has 6 aliphatic heterocycles. The number of benzene rings is 2. The number of piperazine rings is 2. The highest BCUT2D eigenvalue weighted by atomic mass is 33.1. The van der Waals surface area contributed by atoms with E-state index < -0.39 is 26.1 Å². The molecule has 8 rings (SSSR count). The van der Waals surface area contributed by atoms with Crippen molar-refractivity contribution in [3.63, 3.8) is 0 Å². The Morgan fingerprint density at radius 2 is 0.932 bits per heavy atom. The van der Waals surface area contributed by atoms with Crippen molar-refractivity contribution in [2.24, 2.45) is 0 Å². The van der Waals surface area contributed by atoms with Gasteiger partial charge in [0.2, 0.25) is 4.87 Å². The highest BCUT2D eigenvalue weighted by Gasteiger charge is 2.67. The molecule has 0 saturated carbocycles. The highest BCUT2D eigenvalue weighted by molar-refractivity contribution is 8.78. The first kappa shape index (κ1) is 31.4. The van der Waals surface area contributed by atoms with Crippen LogP contribution in [-0.4, -0.2) is 108 Å². The number of carbonyl (C=O) groups excluding carboxylic acids is 3. The molecule has 6 fully saturated rings. The molecule has 0 unspecified atom stereocenters. The monoisotopic (exact) mass is 670 g/mol. The molecule has 4 bridgehead atoms. The van der Waals surface area contributed by atoms with Crippen molar-refractivity contribution in [3.8, 4) is 0 Å². The fraction of sp³-hybridized carbons (Fsp3) is 0.387. The lowest BCUT2D eigenvalue weighted by atomic mass is 9.95. The van der Waals surface area contributed by atoms with Crippen molar-refractivity contribution in [2.75, 3.05) is 41.4 Å². The van der Waals surface area contributed by atoms with E-state index in [1.54, 1.807) is 26.0 Å². The van der Waals surface area contributed by atoms with Gasteiger partial charge in [-0.15, -0.1) is 0 Å². The molecular weight excluding hydrogens is 637 g/mol. The van der Waals surface area contributed by atoms with Gasteiger partial charge in [-0.05, 0) is 33.0 Å². The summed E-state index contributed by atoms with van der Waals surface area (Å²) in [5, 5.41) is 20.0. The van der Waals surface area contributed by atoms with E-state index in [0.717, 1.165) is 28.0 Å². The lowest BCUT2D eigenvalue weighted by Crippen LogP contribution is -2.77. The summed E-state index contributed by atoms with van der Waals surface area (Å²) >= 11 is 0. The molecule has 6 saturated heterocycles. The Labute approximate surface area is 272 Å². The second kappa shape index (κ2) is 11.1. The Morgan fingerprint density at radius 1 is 0.591 bits per heavy atom. The van der Waals surface area contributed by atoms with Gasteiger partial charge >= 0.3 is 0 Å². The quantitative estimate of drug-likeness (QED) is 0.321. The van der Waals surface area contributed by atoms with E-state index in [4.69, 9.17) is 0 Å². The maximum Gasteiger partial charge on any atom is 0.263 e. The molecular formula is C31H34N4O5S4. The van der Waals surface area contributed by atoms with Crippen LogP contribution in [0.25, 0.3) is 12.2 Å². The van der Waals surface area contributed by atoms with Crippen LogP contribution in [0.4, 0.5) is 0 Å². The third-order valence-corrected chi connectivity index (χ3v) is 16.8. The zero-order valence-corrected chi connectivity index (χ0v) is 28.1. The van der Waals surface area contributed by atoms with E-state index in [9.17, 15) is 24.6 Å². The van der Waals surface area contributed by atoms with Gasteiger partial charge in [-0.25, -0.2) is 0 Å². The number of carbonyl (C=O) groups is 3. The average molecular weight is 671 g/mol. The predicted octanol–water partition coefficient (Wildman–Crippen LogP) is 3.35. The summed E-state index contributed by atoms with van der Waals surface area (Å²) in [4.78, 5) is 42.4. The topological polar surface area (TPSA) is 105 Å². The summed E-state index contributed by atoms with van der Waals surface area (Å²) in [5.74, 6) is -0.472. The standard InChI is InChI=1S/C31H34N4O5S4/c1-20-30(18-36)34(4)25(38)28(32(20)2,41-43-30)16-23-12-8-21(9-13-23)6-7-22-10-14-24(15-11-22)17-29-26(39)35(5)31(19-37,44-42-29)27(40)33(29)3/h6-15,36-37H,1,16-19H2,2-5H3/b7-6+/t28-,29-,30-,31-/m0/s1. The van der Waals surface area contributed by atoms with E-state index in [1.807, 2.05) is 72.6 Å². The summed E-state index contributed by atoms with van der Waals surface area (Å²) in [5.41, 5.74) is 4.71. The van der Waals surface area contributed by atoms with Crippen LogP contribution in [-0.2, 0) is 27.2 Å². The maximum absolute atomic E-state index is 13.5. The number of amides is 3. The van der Waals surface area contributed by atoms with Crippen LogP contribution < -0.4 is 0 Å². The van der Waals surface area contributed by atoms with Crippen molar-refractivity contribution < 1.29 is 24.6 Å². The molecule has 2 aromatic carbocycles. The number of nitrogens with zero attached hydrogens (tertiary/aromatic N) is 4. The number of aliphatic hydroxyl groups is 2. The molecule has 6 aliphatic rings. The molecule has 0 spiro atoms. The van der Waals surface area contributed by atoms with Crippen molar-refractivity contribution in [1.29, 1.82) is 0 Å². The SMILES string of the molecule is C=C1N(C)[C@@]2(Cc3ccc(/C=C/c4ccc(C[C@@]56SS[C@@](CO)(C(=O)N5C)N(C)C6=O)cc4)cc3)SS[C@]1(CO)N(C)C2=O. The van der Waals surface area contributed by atoms with E-state index in [-0.39, 0.29) is 24.3 Å². The van der Waals surface area contributed by atoms with Crippen LogP contribution in [0.5, 0.6) is 0 Å². The van der Waals surface area contributed by atoms with E-state index in [1.165, 1.54) is 53.0 Å². The summed E-state index contributed by atoms with van der Waals surface area (Å²) in [6.45, 7) is 3.60. The first-order chi connectivity index (χ1) is 20.9. The molecule has 44 heavy (non-hydrogen) atoms. The average Bonchev–Trinajstić information content (AvgIpc) is 3.04. The molecule has 6 heterocycles. The first-order valence-electron chi connectivity index (χ1n) is 14.0. The second-order valence-electron chi connectivity index (χ2n) is 11.6. The number of rotatable bonds is 8. The van der Waals surface area contributed by atoms with Crippen LogP contribution >= 0.6 is 43.2 Å². The minimum Gasteiger partial charge on any atom is -0.393 e. The molecule has 9 nitrogen and oxygen atoms in total. The zero-order valence-electron chi connectivity index (χ0n) is 24.9. The Hall–Kier alpha value is -2.55. The van der Waals surface area contributed by atoms with Gasteiger partial charge in [-0.1, -0.05) is 99.6 Å². The molecule has 0 aromatic heterocycles. The van der Waals surface area contributed by atoms with Crippen molar-refractivity contribution in [2.45, 2.75) is 32.3 Å². The molecule has 232 valence electrons. The first-order valence-corrected chi connectivity index (χ1v) is 18.3. The predicted molar refractivity (Wildman–Crippen MR) is 180 cm³/mol. The maximum atomic E-state index is 13.5. The van der Waals surface area contributed by atoms with E-state index in [2.05, 4.69) is 6.58 Å². The van der Waals surface area contributed by atoms with E-state index in [0.29, 0.717) is 12.8 Å². The Morgan fingerprint density at radius 3 is 1.39 bits per heavy atom. The summed E-state index contributed by atoms with van der Waals surface area (Å²) < 4.78 is 0.